The highest BCUT2D eigenvalue weighted by Gasteiger charge is 2.38. The molecule has 2 aliphatic heterocycles. The number of hydrogen-bond donors (Lipinski definition) is 3. The van der Waals surface area contributed by atoms with Gasteiger partial charge in [-0.25, -0.2) is 9.78 Å². The largest absolute Gasteiger partial charge is 0.477 e. The molecule has 1 aromatic heterocycles. The van der Waals surface area contributed by atoms with Crippen LogP contribution in [0.4, 0.5) is 0 Å². The van der Waals surface area contributed by atoms with Crippen LogP contribution in [0.3, 0.4) is 0 Å². The molecule has 28 heavy (non-hydrogen) atoms. The Balaban J connectivity index is 1.62. The van der Waals surface area contributed by atoms with Gasteiger partial charge in [-0.15, -0.1) is 0 Å². The number of imidazole rings is 1. The number of aliphatic carboxylic acids is 1. The molecule has 154 valence electrons. The predicted molar refractivity (Wildman–Crippen MR) is 106 cm³/mol. The Kier molecular flexibility index (Phi) is 6.54. The van der Waals surface area contributed by atoms with Crippen molar-refractivity contribution >= 4 is 35.2 Å². The third kappa shape index (κ3) is 4.29. The van der Waals surface area contributed by atoms with Gasteiger partial charge in [0.25, 0.3) is 5.91 Å². The van der Waals surface area contributed by atoms with Crippen molar-refractivity contribution < 1.29 is 19.4 Å². The van der Waals surface area contributed by atoms with Crippen LogP contribution in [-0.4, -0.2) is 81.6 Å². The van der Waals surface area contributed by atoms with E-state index in [4.69, 9.17) is 16.3 Å². The van der Waals surface area contributed by atoms with E-state index in [1.807, 2.05) is 18.9 Å². The van der Waals surface area contributed by atoms with Gasteiger partial charge in [-0.2, -0.15) is 0 Å². The van der Waals surface area contributed by atoms with Gasteiger partial charge in [-0.1, -0.05) is 30.3 Å². The summed E-state index contributed by atoms with van der Waals surface area (Å²) in [6.07, 6.45) is 2.75. The molecule has 9 nitrogen and oxygen atoms in total. The van der Waals surface area contributed by atoms with Crippen LogP contribution in [0.2, 0.25) is 5.15 Å². The maximum Gasteiger partial charge on any atom is 0.343 e. The van der Waals surface area contributed by atoms with Crippen molar-refractivity contribution in [1.29, 1.82) is 0 Å². The van der Waals surface area contributed by atoms with Crippen molar-refractivity contribution in [2.45, 2.75) is 37.4 Å². The van der Waals surface area contributed by atoms with Gasteiger partial charge < -0.3 is 25.0 Å². The highest BCUT2D eigenvalue weighted by atomic mass is 35.5. The van der Waals surface area contributed by atoms with Crippen LogP contribution >= 0.6 is 23.4 Å². The molecular weight excluding hydrogens is 406 g/mol. The lowest BCUT2D eigenvalue weighted by Gasteiger charge is -2.42. The quantitative estimate of drug-likeness (QED) is 0.621. The molecule has 0 spiro atoms. The van der Waals surface area contributed by atoms with E-state index in [1.165, 1.54) is 11.8 Å². The van der Waals surface area contributed by atoms with E-state index in [0.29, 0.717) is 36.0 Å². The molecular formula is C17H24ClN5O4S. The molecule has 1 unspecified atom stereocenters. The number of ether oxygens (including phenoxy) is 1. The molecule has 3 atom stereocenters. The molecule has 0 bridgehead atoms. The summed E-state index contributed by atoms with van der Waals surface area (Å²) in [7, 11) is 3.47. The second-order valence-electron chi connectivity index (χ2n) is 6.75. The van der Waals surface area contributed by atoms with Crippen molar-refractivity contribution in [1.82, 2.24) is 25.1 Å². The predicted octanol–water partition coefficient (Wildman–Crippen LogP) is 1.33. The molecule has 3 heterocycles. The third-order valence-corrected chi connectivity index (χ3v) is 6.62. The Hall–Kier alpha value is -1.75. The monoisotopic (exact) mass is 429 g/mol. The van der Waals surface area contributed by atoms with Crippen molar-refractivity contribution in [2.75, 3.05) is 27.2 Å². The van der Waals surface area contributed by atoms with Crippen LogP contribution in [0.15, 0.2) is 11.1 Å². The normalized spacial score (nSPS) is 25.6. The van der Waals surface area contributed by atoms with E-state index < -0.39 is 5.97 Å². The first-order valence-electron chi connectivity index (χ1n) is 8.99. The van der Waals surface area contributed by atoms with Gasteiger partial charge in [0.2, 0.25) is 0 Å². The first kappa shape index (κ1) is 21.0. The van der Waals surface area contributed by atoms with Crippen LogP contribution in [0.5, 0.6) is 0 Å². The molecule has 1 saturated heterocycles. The Morgan fingerprint density at radius 2 is 2.29 bits per heavy atom. The van der Waals surface area contributed by atoms with E-state index in [9.17, 15) is 14.7 Å². The number of nitrogens with one attached hydrogen (secondary N) is 2. The number of methoxy groups -OCH3 is 1. The number of likely N-dealkylation sites (tertiary alicyclic amines) is 1. The lowest BCUT2D eigenvalue weighted by Crippen LogP contribution is -2.57. The Labute approximate surface area is 172 Å². The van der Waals surface area contributed by atoms with Crippen molar-refractivity contribution in [3.05, 3.63) is 27.8 Å². The van der Waals surface area contributed by atoms with Gasteiger partial charge in [0, 0.05) is 33.4 Å². The van der Waals surface area contributed by atoms with Gasteiger partial charge in [-0.05, 0) is 12.8 Å². The first-order chi connectivity index (χ1) is 13.3. The van der Waals surface area contributed by atoms with Crippen LogP contribution in [0, 0.1) is 0 Å². The molecule has 11 heteroatoms. The number of carboxylic acid groups (broad SMARTS) is 1. The number of amides is 1. The van der Waals surface area contributed by atoms with E-state index >= 15 is 0 Å². The number of aromatic nitrogens is 2. The highest BCUT2D eigenvalue weighted by Crippen LogP contribution is 2.35. The number of H-pyrrole nitrogens is 1. The molecule has 0 aromatic carbocycles. The highest BCUT2D eigenvalue weighted by molar-refractivity contribution is 8.04. The summed E-state index contributed by atoms with van der Waals surface area (Å²) in [6, 6.07) is -0.175. The third-order valence-electron chi connectivity index (χ3n) is 4.93. The summed E-state index contributed by atoms with van der Waals surface area (Å²) < 4.78 is 5.62. The van der Waals surface area contributed by atoms with Crippen LogP contribution in [0.25, 0.3) is 0 Å². The number of thioether (sulfide) groups is 1. The van der Waals surface area contributed by atoms with Crippen LogP contribution < -0.4 is 5.32 Å². The summed E-state index contributed by atoms with van der Waals surface area (Å²) >= 11 is 7.33. The lowest BCUT2D eigenvalue weighted by atomic mass is 10.0. The lowest BCUT2D eigenvalue weighted by molar-refractivity contribution is -0.131. The van der Waals surface area contributed by atoms with Gasteiger partial charge in [0.1, 0.15) is 10.4 Å². The number of rotatable bonds is 6. The second-order valence-corrected chi connectivity index (χ2v) is 8.21. The second kappa shape index (κ2) is 8.73. The number of hydrogen-bond acceptors (Lipinski definition) is 7. The minimum absolute atomic E-state index is 0.101. The minimum atomic E-state index is -0.923. The number of aryl methyl sites for hydroxylation is 1. The molecule has 1 fully saturated rings. The standard InChI is InChI=1S/C17H24ClN5O4S/c1-4-9-13(18)21-14(19-9)15(24)20-10-5-6-23(7-11(10)27-3)17-22(2)8-12(28-17)16(25)26/h8,10-11,17H,4-7H2,1-3H3,(H,19,21)(H,20,24)(H,25,26)/t10-,11+,17?/m1/s1. The number of nitrogens with zero attached hydrogens (tertiary/aromatic N) is 3. The molecule has 3 N–H and O–H groups in total. The van der Waals surface area contributed by atoms with Crippen molar-refractivity contribution in [3.63, 3.8) is 0 Å². The van der Waals surface area contributed by atoms with Gasteiger partial charge in [0.15, 0.2) is 11.0 Å². The minimum Gasteiger partial charge on any atom is -0.477 e. The molecule has 2 aliphatic rings. The zero-order valence-electron chi connectivity index (χ0n) is 15.9. The molecule has 1 amide bonds. The number of carbonyl (C=O) groups excluding carboxylic acids is 1. The molecule has 0 aliphatic carbocycles. The number of halogens is 1. The summed E-state index contributed by atoms with van der Waals surface area (Å²) in [5, 5.41) is 12.5. The fourth-order valence-corrected chi connectivity index (χ4v) is 4.81. The molecule has 0 radical (unpaired) electrons. The zero-order chi connectivity index (χ0) is 20.4. The number of carbonyl (C=O) groups is 2. The van der Waals surface area contributed by atoms with Crippen LogP contribution in [-0.2, 0) is 16.0 Å². The van der Waals surface area contributed by atoms with E-state index in [2.05, 4.69) is 20.2 Å². The van der Waals surface area contributed by atoms with Crippen molar-refractivity contribution in [3.8, 4) is 0 Å². The summed E-state index contributed by atoms with van der Waals surface area (Å²) in [6.45, 7) is 3.20. The smallest absolute Gasteiger partial charge is 0.343 e. The summed E-state index contributed by atoms with van der Waals surface area (Å²) in [5.41, 5.74) is 0.629. The number of aromatic amines is 1. The molecule has 3 rings (SSSR count). The fraction of sp³-hybridized carbons (Fsp3) is 0.588. The van der Waals surface area contributed by atoms with Crippen molar-refractivity contribution in [2.24, 2.45) is 0 Å². The molecule has 1 aromatic rings. The number of piperidine rings is 1. The average molecular weight is 430 g/mol. The summed E-state index contributed by atoms with van der Waals surface area (Å²) in [4.78, 5) is 35.2. The van der Waals surface area contributed by atoms with E-state index in [-0.39, 0.29) is 29.4 Å². The average Bonchev–Trinajstić information content (AvgIpc) is 3.24. The van der Waals surface area contributed by atoms with E-state index in [0.717, 1.165) is 5.69 Å². The van der Waals surface area contributed by atoms with Crippen LogP contribution in [0.1, 0.15) is 29.7 Å². The molecule has 0 saturated carbocycles. The summed E-state index contributed by atoms with van der Waals surface area (Å²) in [5.74, 6) is -1.04. The zero-order valence-corrected chi connectivity index (χ0v) is 17.5. The SMILES string of the molecule is CCc1[nH]c(C(=O)N[C@@H]2CCN(C3SC(C(=O)O)=CN3C)C[C@@H]2OC)nc1Cl. The number of carboxylic acids is 1. The topological polar surface area (TPSA) is 111 Å². The van der Waals surface area contributed by atoms with Gasteiger partial charge in [-0.3, -0.25) is 9.69 Å². The maximum atomic E-state index is 12.5. The first-order valence-corrected chi connectivity index (χ1v) is 10.3. The Morgan fingerprint density at radius 1 is 1.54 bits per heavy atom. The van der Waals surface area contributed by atoms with E-state index in [1.54, 1.807) is 13.3 Å². The Bertz CT molecular complexity index is 786. The van der Waals surface area contributed by atoms with Gasteiger partial charge in [0.05, 0.1) is 17.8 Å². The van der Waals surface area contributed by atoms with Gasteiger partial charge >= 0.3 is 5.97 Å². The maximum absolute atomic E-state index is 12.5. The Morgan fingerprint density at radius 3 is 2.86 bits per heavy atom. The fourth-order valence-electron chi connectivity index (χ4n) is 3.43.